The van der Waals surface area contributed by atoms with Gasteiger partial charge in [-0.2, -0.15) is 4.98 Å². The number of nitrogens with two attached hydrogens (primary N) is 1. The summed E-state index contributed by atoms with van der Waals surface area (Å²) in [6.45, 7) is 1.90. The molecule has 4 fully saturated rings. The highest BCUT2D eigenvalue weighted by atomic mass is 35.5. The fourth-order valence-electron chi connectivity index (χ4n) is 5.02. The summed E-state index contributed by atoms with van der Waals surface area (Å²) < 4.78 is 5.33. The SMILES string of the molecule is C[C@@H](N)c1nc(C23CC4CC(CC(C4)C2)C3)no1.Cl. The van der Waals surface area contributed by atoms with Crippen molar-refractivity contribution in [2.75, 3.05) is 0 Å². The molecular weight excluding hydrogens is 262 g/mol. The molecule has 0 amide bonds. The smallest absolute Gasteiger partial charge is 0.243 e. The second kappa shape index (κ2) is 4.45. The summed E-state index contributed by atoms with van der Waals surface area (Å²) >= 11 is 0. The number of hydrogen-bond acceptors (Lipinski definition) is 4. The molecule has 0 aromatic carbocycles. The summed E-state index contributed by atoms with van der Waals surface area (Å²) in [5, 5.41) is 4.26. The maximum absolute atomic E-state index is 5.82. The third-order valence-corrected chi connectivity index (χ3v) is 5.34. The van der Waals surface area contributed by atoms with Gasteiger partial charge >= 0.3 is 0 Å². The summed E-state index contributed by atoms with van der Waals surface area (Å²) in [4.78, 5) is 4.60. The molecule has 4 bridgehead atoms. The first-order valence-electron chi connectivity index (χ1n) is 7.24. The highest BCUT2D eigenvalue weighted by molar-refractivity contribution is 5.85. The van der Waals surface area contributed by atoms with E-state index in [0.717, 1.165) is 23.6 Å². The van der Waals surface area contributed by atoms with Crippen LogP contribution in [0.5, 0.6) is 0 Å². The summed E-state index contributed by atoms with van der Waals surface area (Å²) in [6, 6.07) is -0.153. The van der Waals surface area contributed by atoms with Gasteiger partial charge in [-0.25, -0.2) is 0 Å². The van der Waals surface area contributed by atoms with E-state index < -0.39 is 0 Å². The molecule has 1 heterocycles. The third kappa shape index (κ3) is 2.00. The van der Waals surface area contributed by atoms with Crippen molar-refractivity contribution < 1.29 is 4.52 Å². The van der Waals surface area contributed by atoms with Crippen molar-refractivity contribution in [3.63, 3.8) is 0 Å². The van der Waals surface area contributed by atoms with Crippen LogP contribution < -0.4 is 5.73 Å². The highest BCUT2D eigenvalue weighted by Gasteiger charge is 2.53. The monoisotopic (exact) mass is 283 g/mol. The van der Waals surface area contributed by atoms with Crippen LogP contribution in [0.2, 0.25) is 0 Å². The molecule has 106 valence electrons. The molecule has 4 saturated carbocycles. The van der Waals surface area contributed by atoms with Crippen molar-refractivity contribution in [3.05, 3.63) is 11.7 Å². The zero-order valence-corrected chi connectivity index (χ0v) is 12.2. The minimum absolute atomic E-state index is 0. The number of aromatic nitrogens is 2. The first kappa shape index (κ1) is 13.4. The molecule has 0 unspecified atom stereocenters. The number of halogens is 1. The lowest BCUT2D eigenvalue weighted by molar-refractivity contribution is -0.0103. The van der Waals surface area contributed by atoms with E-state index in [1.165, 1.54) is 38.5 Å². The van der Waals surface area contributed by atoms with Crippen molar-refractivity contribution >= 4 is 12.4 Å². The molecule has 4 nitrogen and oxygen atoms in total. The van der Waals surface area contributed by atoms with Gasteiger partial charge in [0.2, 0.25) is 5.89 Å². The predicted molar refractivity (Wildman–Crippen MR) is 74.0 cm³/mol. The topological polar surface area (TPSA) is 64.9 Å². The van der Waals surface area contributed by atoms with E-state index >= 15 is 0 Å². The minimum atomic E-state index is -0.153. The van der Waals surface area contributed by atoms with Crippen LogP contribution in [-0.4, -0.2) is 10.1 Å². The fraction of sp³-hybridized carbons (Fsp3) is 0.857. The van der Waals surface area contributed by atoms with Gasteiger partial charge in [0.25, 0.3) is 0 Å². The molecule has 1 atom stereocenters. The molecule has 0 spiro atoms. The van der Waals surface area contributed by atoms with Crippen LogP contribution >= 0.6 is 12.4 Å². The van der Waals surface area contributed by atoms with Crippen LogP contribution in [0.3, 0.4) is 0 Å². The van der Waals surface area contributed by atoms with E-state index in [-0.39, 0.29) is 23.9 Å². The van der Waals surface area contributed by atoms with Crippen molar-refractivity contribution in [3.8, 4) is 0 Å². The Balaban J connectivity index is 0.00000110. The van der Waals surface area contributed by atoms with Crippen molar-refractivity contribution in [2.45, 2.75) is 56.9 Å². The molecule has 4 aliphatic carbocycles. The number of nitrogens with zero attached hydrogens (tertiary/aromatic N) is 2. The van der Waals surface area contributed by atoms with E-state index in [9.17, 15) is 0 Å². The molecule has 0 saturated heterocycles. The number of hydrogen-bond donors (Lipinski definition) is 1. The molecule has 5 heteroatoms. The second-order valence-electron chi connectivity index (χ2n) is 6.94. The average molecular weight is 284 g/mol. The Morgan fingerprint density at radius 2 is 1.68 bits per heavy atom. The van der Waals surface area contributed by atoms with Gasteiger partial charge in [-0.15, -0.1) is 12.4 Å². The number of rotatable bonds is 2. The van der Waals surface area contributed by atoms with Crippen LogP contribution in [-0.2, 0) is 5.41 Å². The Morgan fingerprint density at radius 1 is 1.16 bits per heavy atom. The fourth-order valence-corrected chi connectivity index (χ4v) is 5.02. The zero-order chi connectivity index (χ0) is 12.3. The summed E-state index contributed by atoms with van der Waals surface area (Å²) in [6.07, 6.45) is 8.15. The van der Waals surface area contributed by atoms with Crippen molar-refractivity contribution in [1.82, 2.24) is 10.1 Å². The van der Waals surface area contributed by atoms with Crippen LogP contribution in [0.25, 0.3) is 0 Å². The molecule has 1 aromatic heterocycles. The standard InChI is InChI=1S/C14H21N3O.ClH/c1-8(15)12-16-13(17-18-12)14-5-9-2-10(6-14)4-11(3-9)7-14;/h8-11H,2-7,15H2,1H3;1H/t8-,9?,10?,11?,14?;/m1./s1. The Hall–Kier alpha value is -0.610. The maximum atomic E-state index is 5.82. The molecule has 5 rings (SSSR count). The molecule has 0 radical (unpaired) electrons. The van der Waals surface area contributed by atoms with Gasteiger partial charge < -0.3 is 10.3 Å². The normalized spacial score (nSPS) is 41.1. The molecule has 0 aliphatic heterocycles. The van der Waals surface area contributed by atoms with Gasteiger partial charge in [0.05, 0.1) is 6.04 Å². The van der Waals surface area contributed by atoms with Gasteiger partial charge in [-0.3, -0.25) is 0 Å². The van der Waals surface area contributed by atoms with E-state index in [1.807, 2.05) is 6.92 Å². The largest absolute Gasteiger partial charge is 0.338 e. The van der Waals surface area contributed by atoms with E-state index in [2.05, 4.69) is 10.1 Å². The lowest BCUT2D eigenvalue weighted by Crippen LogP contribution is -2.49. The van der Waals surface area contributed by atoms with Crippen LogP contribution in [0, 0.1) is 17.8 Å². The highest BCUT2D eigenvalue weighted by Crippen LogP contribution is 2.60. The van der Waals surface area contributed by atoms with Gasteiger partial charge in [0.1, 0.15) is 0 Å². The second-order valence-corrected chi connectivity index (χ2v) is 6.94. The van der Waals surface area contributed by atoms with Crippen LogP contribution in [0.4, 0.5) is 0 Å². The van der Waals surface area contributed by atoms with Gasteiger partial charge in [0.15, 0.2) is 5.82 Å². The predicted octanol–water partition coefficient (Wildman–Crippen LogP) is 2.98. The molecule has 2 N–H and O–H groups in total. The summed E-state index contributed by atoms with van der Waals surface area (Å²) in [5.41, 5.74) is 6.05. The summed E-state index contributed by atoms with van der Waals surface area (Å²) in [5.74, 6) is 4.28. The lowest BCUT2D eigenvalue weighted by Gasteiger charge is -2.55. The van der Waals surface area contributed by atoms with E-state index in [1.54, 1.807) is 0 Å². The Kier molecular flexibility index (Phi) is 3.13. The first-order chi connectivity index (χ1) is 8.64. The van der Waals surface area contributed by atoms with Crippen LogP contribution in [0.1, 0.15) is 63.2 Å². The van der Waals surface area contributed by atoms with Crippen LogP contribution in [0.15, 0.2) is 4.52 Å². The Labute approximate surface area is 119 Å². The average Bonchev–Trinajstić information content (AvgIpc) is 2.76. The molecular formula is C14H22ClN3O. The molecule has 4 aliphatic rings. The van der Waals surface area contributed by atoms with Crippen molar-refractivity contribution in [2.24, 2.45) is 23.5 Å². The Morgan fingerprint density at radius 3 is 2.11 bits per heavy atom. The third-order valence-electron chi connectivity index (χ3n) is 5.34. The first-order valence-corrected chi connectivity index (χ1v) is 7.24. The van der Waals surface area contributed by atoms with E-state index in [0.29, 0.717) is 5.89 Å². The molecule has 1 aromatic rings. The quantitative estimate of drug-likeness (QED) is 0.906. The Bertz CT molecular complexity index is 436. The minimum Gasteiger partial charge on any atom is -0.338 e. The zero-order valence-electron chi connectivity index (χ0n) is 11.3. The maximum Gasteiger partial charge on any atom is 0.243 e. The van der Waals surface area contributed by atoms with Gasteiger partial charge in [0, 0.05) is 5.41 Å². The summed E-state index contributed by atoms with van der Waals surface area (Å²) in [7, 11) is 0. The molecule has 19 heavy (non-hydrogen) atoms. The van der Waals surface area contributed by atoms with Gasteiger partial charge in [-0.1, -0.05) is 5.16 Å². The van der Waals surface area contributed by atoms with Gasteiger partial charge in [-0.05, 0) is 63.2 Å². The lowest BCUT2D eigenvalue weighted by atomic mass is 9.49. The van der Waals surface area contributed by atoms with E-state index in [4.69, 9.17) is 10.3 Å². The van der Waals surface area contributed by atoms with Crippen molar-refractivity contribution in [1.29, 1.82) is 0 Å².